The van der Waals surface area contributed by atoms with Gasteiger partial charge in [0.2, 0.25) is 0 Å². The third-order valence-electron chi connectivity index (χ3n) is 8.27. The van der Waals surface area contributed by atoms with Crippen LogP contribution in [-0.2, 0) is 11.2 Å². The predicted molar refractivity (Wildman–Crippen MR) is 173 cm³/mol. The molecule has 3 heterocycles. The number of fused-ring (bicyclic) bond motifs is 1. The molecule has 0 saturated carbocycles. The van der Waals surface area contributed by atoms with E-state index in [1.165, 1.54) is 18.2 Å². The summed E-state index contributed by atoms with van der Waals surface area (Å²) in [5, 5.41) is 0.848. The number of furan rings is 1. The van der Waals surface area contributed by atoms with E-state index >= 15 is 0 Å². The highest BCUT2D eigenvalue weighted by molar-refractivity contribution is 5.98. The highest BCUT2D eigenvalue weighted by Crippen LogP contribution is 2.37. The normalized spacial score (nSPS) is 14.7. The van der Waals surface area contributed by atoms with Crippen molar-refractivity contribution in [3.8, 4) is 22.3 Å². The summed E-state index contributed by atoms with van der Waals surface area (Å²) in [6.45, 7) is 2.38. The number of likely N-dealkylation sites (tertiary alicyclic amines) is 1. The average Bonchev–Trinajstić information content (AvgIpc) is 3.46. The summed E-state index contributed by atoms with van der Waals surface area (Å²) < 4.78 is 34.3. The molecule has 8 heteroatoms. The summed E-state index contributed by atoms with van der Waals surface area (Å²) in [5.74, 6) is 0.587. The number of hydrogen-bond acceptors (Lipinski definition) is 5. The number of anilines is 1. The Hall–Kier alpha value is -5.11. The van der Waals surface area contributed by atoms with Gasteiger partial charge in [0.15, 0.2) is 5.78 Å². The first-order valence-electron chi connectivity index (χ1n) is 15.0. The lowest BCUT2D eigenvalue weighted by atomic mass is 9.94. The average molecular weight is 606 g/mol. The van der Waals surface area contributed by atoms with Gasteiger partial charge in [-0.05, 0) is 109 Å². The Bertz CT molecular complexity index is 1870. The minimum Gasteiger partial charge on any atom is -0.460 e. The van der Waals surface area contributed by atoms with E-state index in [0.717, 1.165) is 33.2 Å². The zero-order valence-corrected chi connectivity index (χ0v) is 24.9. The second kappa shape index (κ2) is 12.5. The molecular formula is C37H33F2N3O3. The Morgan fingerprint density at radius 2 is 1.67 bits per heavy atom. The molecule has 1 fully saturated rings. The maximum atomic E-state index is 14.2. The number of nitrogens with two attached hydrogens (primary N) is 1. The fourth-order valence-electron chi connectivity index (χ4n) is 5.54. The van der Waals surface area contributed by atoms with Crippen molar-refractivity contribution in [1.82, 2.24) is 9.88 Å². The van der Waals surface area contributed by atoms with Crippen molar-refractivity contribution in [2.24, 2.45) is 0 Å². The van der Waals surface area contributed by atoms with Gasteiger partial charge in [-0.2, -0.15) is 0 Å². The molecule has 1 saturated heterocycles. The lowest BCUT2D eigenvalue weighted by Crippen LogP contribution is -2.43. The molecule has 6 rings (SSSR count). The Balaban J connectivity index is 1.24. The van der Waals surface area contributed by atoms with Crippen LogP contribution in [0.2, 0.25) is 0 Å². The Kier molecular flexibility index (Phi) is 8.30. The number of hydrogen-bond donors (Lipinski definition) is 1. The van der Waals surface area contributed by atoms with Crippen LogP contribution in [0.3, 0.4) is 0 Å². The van der Waals surface area contributed by atoms with Crippen molar-refractivity contribution in [3.05, 3.63) is 114 Å². The number of amides is 1. The number of piperidine rings is 1. The van der Waals surface area contributed by atoms with Gasteiger partial charge in [-0.3, -0.25) is 9.59 Å². The zero-order chi connectivity index (χ0) is 31.6. The summed E-state index contributed by atoms with van der Waals surface area (Å²) in [5.41, 5.74) is 9.75. The van der Waals surface area contributed by atoms with E-state index in [2.05, 4.69) is 4.98 Å². The van der Waals surface area contributed by atoms with Gasteiger partial charge in [-0.25, -0.2) is 13.8 Å². The van der Waals surface area contributed by atoms with Crippen molar-refractivity contribution in [3.63, 3.8) is 0 Å². The van der Waals surface area contributed by atoms with Gasteiger partial charge in [0.05, 0.1) is 0 Å². The SMILES string of the molecule is CC1(F)CCN(C(=O)c2ccc(-c3cc(-c4ccc(F)cc4)c4oc(CCC(=O)/C=C/c5ccc(N)nc5)cc4c3)cc2)CC1. The molecule has 1 amide bonds. The minimum atomic E-state index is -1.23. The van der Waals surface area contributed by atoms with Crippen LogP contribution in [0.1, 0.15) is 47.9 Å². The molecule has 2 N–H and O–H groups in total. The number of carbonyl (C=O) groups excluding carboxylic acids is 2. The standard InChI is InChI=1S/C37H33F2N3O3/c1-37(39)16-18-42(19-17-37)36(44)27-6-4-25(5-7-27)28-20-29-21-32(14-13-31(43)12-2-24-3-15-34(40)41-23-24)45-35(29)33(22-28)26-8-10-30(38)11-9-26/h2-12,15,20-23H,13-14,16-19H2,1H3,(H2,40,41)/b12-2+. The van der Waals surface area contributed by atoms with Gasteiger partial charge in [0.25, 0.3) is 5.91 Å². The fraction of sp³-hybridized carbons (Fsp3) is 0.216. The van der Waals surface area contributed by atoms with Gasteiger partial charge in [-0.15, -0.1) is 0 Å². The summed E-state index contributed by atoms with van der Waals surface area (Å²) in [4.78, 5) is 31.4. The maximum absolute atomic E-state index is 14.2. The van der Waals surface area contributed by atoms with E-state index in [-0.39, 0.29) is 23.9 Å². The Labute approximate surface area is 260 Å². The van der Waals surface area contributed by atoms with Gasteiger partial charge < -0.3 is 15.1 Å². The molecule has 0 radical (unpaired) electrons. The quantitative estimate of drug-likeness (QED) is 0.181. The smallest absolute Gasteiger partial charge is 0.253 e. The second-order valence-electron chi connectivity index (χ2n) is 11.8. The molecule has 45 heavy (non-hydrogen) atoms. The van der Waals surface area contributed by atoms with Gasteiger partial charge in [0, 0.05) is 48.6 Å². The molecule has 1 aliphatic rings. The number of halogens is 2. The van der Waals surface area contributed by atoms with Crippen molar-refractivity contribution in [2.75, 3.05) is 18.8 Å². The van der Waals surface area contributed by atoms with E-state index in [1.54, 1.807) is 60.5 Å². The van der Waals surface area contributed by atoms with Crippen LogP contribution in [0.4, 0.5) is 14.6 Å². The summed E-state index contributed by atoms with van der Waals surface area (Å²) in [6, 6.07) is 23.0. The third kappa shape index (κ3) is 7.01. The Morgan fingerprint density at radius 1 is 0.956 bits per heavy atom. The molecule has 5 aromatic rings. The van der Waals surface area contributed by atoms with E-state index < -0.39 is 5.67 Å². The molecule has 6 nitrogen and oxygen atoms in total. The van der Waals surface area contributed by atoms with Crippen LogP contribution < -0.4 is 5.73 Å². The Morgan fingerprint density at radius 3 is 2.36 bits per heavy atom. The van der Waals surface area contributed by atoms with Crippen LogP contribution in [0.25, 0.3) is 39.3 Å². The largest absolute Gasteiger partial charge is 0.460 e. The number of rotatable bonds is 8. The number of nitrogen functional groups attached to an aromatic ring is 1. The van der Waals surface area contributed by atoms with E-state index in [1.807, 2.05) is 30.3 Å². The number of aryl methyl sites for hydroxylation is 1. The lowest BCUT2D eigenvalue weighted by Gasteiger charge is -2.34. The monoisotopic (exact) mass is 605 g/mol. The number of alkyl halides is 1. The molecule has 2 aromatic heterocycles. The molecular weight excluding hydrogens is 572 g/mol. The number of benzene rings is 3. The number of allylic oxidation sites excluding steroid dienone is 1. The number of carbonyl (C=O) groups is 2. The van der Waals surface area contributed by atoms with Crippen LogP contribution in [0.15, 0.2) is 95.6 Å². The van der Waals surface area contributed by atoms with Crippen molar-refractivity contribution >= 4 is 34.6 Å². The topological polar surface area (TPSA) is 89.4 Å². The van der Waals surface area contributed by atoms with Crippen molar-refractivity contribution in [2.45, 2.75) is 38.3 Å². The van der Waals surface area contributed by atoms with E-state index in [4.69, 9.17) is 10.2 Å². The first-order chi connectivity index (χ1) is 21.6. The molecule has 0 spiro atoms. The van der Waals surface area contributed by atoms with Gasteiger partial charge in [0.1, 0.15) is 28.6 Å². The highest BCUT2D eigenvalue weighted by atomic mass is 19.1. The lowest BCUT2D eigenvalue weighted by molar-refractivity contribution is -0.114. The van der Waals surface area contributed by atoms with Crippen LogP contribution >= 0.6 is 0 Å². The first kappa shape index (κ1) is 29.9. The van der Waals surface area contributed by atoms with E-state index in [0.29, 0.717) is 55.1 Å². The molecule has 0 atom stereocenters. The van der Waals surface area contributed by atoms with Gasteiger partial charge >= 0.3 is 0 Å². The molecule has 1 aliphatic heterocycles. The predicted octanol–water partition coefficient (Wildman–Crippen LogP) is 8.06. The molecule has 228 valence electrons. The first-order valence-corrected chi connectivity index (χ1v) is 15.0. The molecule has 0 unspecified atom stereocenters. The summed E-state index contributed by atoms with van der Waals surface area (Å²) >= 11 is 0. The van der Waals surface area contributed by atoms with Crippen LogP contribution in [-0.4, -0.2) is 40.3 Å². The molecule has 0 aliphatic carbocycles. The van der Waals surface area contributed by atoms with Gasteiger partial charge in [-0.1, -0.05) is 24.3 Å². The number of ketones is 1. The second-order valence-corrected chi connectivity index (χ2v) is 11.8. The van der Waals surface area contributed by atoms with Crippen molar-refractivity contribution in [1.29, 1.82) is 0 Å². The van der Waals surface area contributed by atoms with Crippen LogP contribution in [0.5, 0.6) is 0 Å². The van der Waals surface area contributed by atoms with Crippen LogP contribution in [0, 0.1) is 5.82 Å². The maximum Gasteiger partial charge on any atom is 0.253 e. The highest BCUT2D eigenvalue weighted by Gasteiger charge is 2.31. The van der Waals surface area contributed by atoms with Crippen molar-refractivity contribution < 1.29 is 22.8 Å². The fourth-order valence-corrected chi connectivity index (χ4v) is 5.54. The number of pyridine rings is 1. The summed E-state index contributed by atoms with van der Waals surface area (Å²) in [6.07, 6.45) is 6.17. The molecule has 3 aromatic carbocycles. The number of aromatic nitrogens is 1. The van der Waals surface area contributed by atoms with E-state index in [9.17, 15) is 18.4 Å². The number of nitrogens with zero attached hydrogens (tertiary/aromatic N) is 2. The summed E-state index contributed by atoms with van der Waals surface area (Å²) in [7, 11) is 0. The third-order valence-corrected chi connectivity index (χ3v) is 8.27. The zero-order valence-electron chi connectivity index (χ0n) is 24.9. The molecule has 0 bridgehead atoms. The minimum absolute atomic E-state index is 0.0513.